The molecule has 0 bridgehead atoms. The second kappa shape index (κ2) is 3.05. The number of rotatable bonds is 2. The molecular formula is C6H7N7. The maximum atomic E-state index is 5.39. The van der Waals surface area contributed by atoms with Gasteiger partial charge in [-0.25, -0.2) is 0 Å². The smallest absolute Gasteiger partial charge is 0.199 e. The van der Waals surface area contributed by atoms with Gasteiger partial charge in [-0.05, 0) is 11.3 Å². The van der Waals surface area contributed by atoms with E-state index in [2.05, 4.69) is 25.6 Å². The van der Waals surface area contributed by atoms with Gasteiger partial charge in [0.15, 0.2) is 5.82 Å². The highest BCUT2D eigenvalue weighted by Gasteiger charge is 1.93. The molecule has 0 aromatic carbocycles. The van der Waals surface area contributed by atoms with Gasteiger partial charge in [-0.2, -0.15) is 10.2 Å². The van der Waals surface area contributed by atoms with Gasteiger partial charge in [0.1, 0.15) is 5.82 Å². The molecule has 0 saturated carbocycles. The molecule has 0 aliphatic rings. The number of H-pyrrole nitrogens is 1. The topological polar surface area (TPSA) is 97.2 Å². The van der Waals surface area contributed by atoms with Crippen molar-refractivity contribution in [2.45, 2.75) is 0 Å². The fourth-order valence-corrected chi connectivity index (χ4v) is 0.782. The summed E-state index contributed by atoms with van der Waals surface area (Å²) in [5, 5.41) is 17.6. The zero-order valence-corrected chi connectivity index (χ0v) is 6.62. The zero-order valence-electron chi connectivity index (χ0n) is 6.62. The first-order chi connectivity index (χ1) is 6.34. The first-order valence-corrected chi connectivity index (χ1v) is 3.57. The predicted octanol–water partition coefficient (Wildman–Crippen LogP) is 0.735. The highest BCUT2D eigenvalue weighted by Crippen LogP contribution is 2.10. The van der Waals surface area contributed by atoms with Crippen molar-refractivity contribution in [1.82, 2.24) is 20.1 Å². The zero-order chi connectivity index (χ0) is 9.10. The van der Waals surface area contributed by atoms with E-state index in [9.17, 15) is 0 Å². The SMILES string of the molecule is Nc1cc(/N=N/n2cccn2)n[nH]1. The van der Waals surface area contributed by atoms with Crippen molar-refractivity contribution in [3.05, 3.63) is 24.5 Å². The van der Waals surface area contributed by atoms with E-state index < -0.39 is 0 Å². The highest BCUT2D eigenvalue weighted by atomic mass is 15.6. The van der Waals surface area contributed by atoms with Crippen LogP contribution in [0.5, 0.6) is 0 Å². The van der Waals surface area contributed by atoms with Gasteiger partial charge in [0, 0.05) is 6.07 Å². The number of nitrogen functional groups attached to an aromatic ring is 1. The van der Waals surface area contributed by atoms with Crippen LogP contribution >= 0.6 is 0 Å². The molecule has 0 saturated heterocycles. The Kier molecular flexibility index (Phi) is 1.75. The summed E-state index contributed by atoms with van der Waals surface area (Å²) in [5.41, 5.74) is 5.39. The molecule has 0 atom stereocenters. The van der Waals surface area contributed by atoms with Crippen molar-refractivity contribution in [3.8, 4) is 0 Å². The van der Waals surface area contributed by atoms with Gasteiger partial charge < -0.3 is 5.73 Å². The standard InChI is InChI=1S/C6H7N7/c7-5-4-6(10-9-5)11-12-13-3-1-2-8-13/h1-4H,(H3,7,9,10)/b12-11+. The molecule has 3 N–H and O–H groups in total. The van der Waals surface area contributed by atoms with E-state index in [1.54, 1.807) is 24.5 Å². The summed E-state index contributed by atoms with van der Waals surface area (Å²) in [7, 11) is 0. The molecule has 2 aromatic rings. The van der Waals surface area contributed by atoms with Gasteiger partial charge in [-0.15, -0.1) is 9.91 Å². The molecule has 2 aromatic heterocycles. The van der Waals surface area contributed by atoms with E-state index in [-0.39, 0.29) is 0 Å². The van der Waals surface area contributed by atoms with E-state index in [4.69, 9.17) is 5.73 Å². The number of nitrogens with two attached hydrogens (primary N) is 1. The molecule has 0 unspecified atom stereocenters. The highest BCUT2D eigenvalue weighted by molar-refractivity contribution is 5.39. The molecule has 0 aliphatic heterocycles. The van der Waals surface area contributed by atoms with Crippen LogP contribution in [0, 0.1) is 0 Å². The summed E-state index contributed by atoms with van der Waals surface area (Å²) >= 11 is 0. The lowest BCUT2D eigenvalue weighted by Gasteiger charge is -1.84. The fourth-order valence-electron chi connectivity index (χ4n) is 0.782. The molecule has 66 valence electrons. The quantitative estimate of drug-likeness (QED) is 0.661. The monoisotopic (exact) mass is 177 g/mol. The average molecular weight is 177 g/mol. The van der Waals surface area contributed by atoms with Crippen molar-refractivity contribution in [2.75, 3.05) is 5.73 Å². The Labute approximate surface area is 73.2 Å². The van der Waals surface area contributed by atoms with Gasteiger partial charge in [-0.3, -0.25) is 5.10 Å². The molecule has 7 heteroatoms. The fraction of sp³-hybridized carbons (Fsp3) is 0. The van der Waals surface area contributed by atoms with Crippen molar-refractivity contribution in [3.63, 3.8) is 0 Å². The van der Waals surface area contributed by atoms with Crippen LogP contribution in [0.3, 0.4) is 0 Å². The van der Waals surface area contributed by atoms with Gasteiger partial charge >= 0.3 is 0 Å². The van der Waals surface area contributed by atoms with E-state index in [1.165, 1.54) is 4.79 Å². The van der Waals surface area contributed by atoms with Gasteiger partial charge in [0.05, 0.1) is 12.4 Å². The van der Waals surface area contributed by atoms with Crippen LogP contribution < -0.4 is 5.73 Å². The minimum Gasteiger partial charge on any atom is -0.384 e. The third-order valence-corrected chi connectivity index (χ3v) is 1.31. The molecule has 0 fully saturated rings. The molecule has 13 heavy (non-hydrogen) atoms. The third kappa shape index (κ3) is 1.70. The van der Waals surface area contributed by atoms with Crippen LogP contribution in [0.4, 0.5) is 11.6 Å². The minimum atomic E-state index is 0.424. The Bertz CT molecular complexity index is 398. The van der Waals surface area contributed by atoms with Crippen molar-refractivity contribution in [1.29, 1.82) is 0 Å². The second-order valence-corrected chi connectivity index (χ2v) is 2.30. The van der Waals surface area contributed by atoms with E-state index in [1.807, 2.05) is 0 Å². The first-order valence-electron chi connectivity index (χ1n) is 3.57. The summed E-state index contributed by atoms with van der Waals surface area (Å²) < 4.78 is 0. The first kappa shape index (κ1) is 7.47. The van der Waals surface area contributed by atoms with Crippen molar-refractivity contribution >= 4 is 11.6 Å². The number of hydrogen-bond donors (Lipinski definition) is 2. The Morgan fingerprint density at radius 3 is 3.08 bits per heavy atom. The molecule has 0 spiro atoms. The molecule has 0 radical (unpaired) electrons. The summed E-state index contributed by atoms with van der Waals surface area (Å²) in [6.45, 7) is 0. The number of anilines is 1. The van der Waals surface area contributed by atoms with Crippen LogP contribution in [0.25, 0.3) is 0 Å². The van der Waals surface area contributed by atoms with E-state index in [0.717, 1.165) is 0 Å². The molecule has 2 rings (SSSR count). The normalized spacial score (nSPS) is 11.1. The van der Waals surface area contributed by atoms with Crippen LogP contribution in [0.1, 0.15) is 0 Å². The van der Waals surface area contributed by atoms with Gasteiger partial charge in [-0.1, -0.05) is 0 Å². The number of nitrogens with one attached hydrogen (secondary N) is 1. The summed E-state index contributed by atoms with van der Waals surface area (Å²) in [4.78, 5) is 1.32. The van der Waals surface area contributed by atoms with Crippen LogP contribution in [-0.4, -0.2) is 20.1 Å². The maximum Gasteiger partial charge on any atom is 0.199 e. The molecule has 0 amide bonds. The lowest BCUT2D eigenvalue weighted by molar-refractivity contribution is 0.689. The largest absolute Gasteiger partial charge is 0.384 e. The molecule has 2 heterocycles. The lowest BCUT2D eigenvalue weighted by Crippen LogP contribution is -1.84. The number of hydrogen-bond acceptors (Lipinski definition) is 5. The Morgan fingerprint density at radius 1 is 1.54 bits per heavy atom. The number of aromatic nitrogens is 4. The molecule has 0 aliphatic carbocycles. The van der Waals surface area contributed by atoms with Gasteiger partial charge in [0.25, 0.3) is 0 Å². The predicted molar refractivity (Wildman–Crippen MR) is 45.1 cm³/mol. The summed E-state index contributed by atoms with van der Waals surface area (Å²) in [6, 6.07) is 3.32. The Morgan fingerprint density at radius 2 is 2.46 bits per heavy atom. The van der Waals surface area contributed by atoms with E-state index in [0.29, 0.717) is 11.6 Å². The maximum absolute atomic E-state index is 5.39. The third-order valence-electron chi connectivity index (χ3n) is 1.31. The lowest BCUT2D eigenvalue weighted by atomic mass is 10.6. The Hall–Kier alpha value is -2.18. The van der Waals surface area contributed by atoms with Crippen molar-refractivity contribution < 1.29 is 0 Å². The van der Waals surface area contributed by atoms with Gasteiger partial charge in [0.2, 0.25) is 0 Å². The minimum absolute atomic E-state index is 0.424. The Balaban J connectivity index is 2.14. The molecule has 7 nitrogen and oxygen atoms in total. The molecular weight excluding hydrogens is 170 g/mol. The number of nitrogens with zero attached hydrogens (tertiary/aromatic N) is 5. The van der Waals surface area contributed by atoms with Crippen molar-refractivity contribution in [2.24, 2.45) is 10.3 Å². The second-order valence-electron chi connectivity index (χ2n) is 2.30. The number of aromatic amines is 1. The van der Waals surface area contributed by atoms with Crippen LogP contribution in [0.15, 0.2) is 34.9 Å². The van der Waals surface area contributed by atoms with Crippen LogP contribution in [-0.2, 0) is 0 Å². The van der Waals surface area contributed by atoms with Crippen LogP contribution in [0.2, 0.25) is 0 Å². The van der Waals surface area contributed by atoms with E-state index >= 15 is 0 Å². The average Bonchev–Trinajstić information content (AvgIpc) is 2.71. The summed E-state index contributed by atoms with van der Waals surface area (Å²) in [5.74, 6) is 0.877. The summed E-state index contributed by atoms with van der Waals surface area (Å²) in [6.07, 6.45) is 3.28.